The highest BCUT2D eigenvalue weighted by Gasteiger charge is 2.21. The van der Waals surface area contributed by atoms with E-state index in [9.17, 15) is 4.79 Å². The minimum atomic E-state index is -0.00581. The van der Waals surface area contributed by atoms with Crippen molar-refractivity contribution in [3.8, 4) is 0 Å². The molecule has 0 aromatic rings. The van der Waals surface area contributed by atoms with E-state index < -0.39 is 0 Å². The summed E-state index contributed by atoms with van der Waals surface area (Å²) in [5.74, 6) is 0.127. The molecule has 1 heterocycles. The molecule has 1 saturated heterocycles. The zero-order valence-corrected chi connectivity index (χ0v) is 12.0. The third-order valence-corrected chi connectivity index (χ3v) is 3.10. The standard InChI is InChI=1S/C13H26N2O4/c1-17-7-3-5-15(6-9-18-2)13(16)10-12-11-14-4-8-19-12/h12,14H,3-11H2,1-2H3. The number of methoxy groups -OCH3 is 2. The maximum Gasteiger partial charge on any atom is 0.225 e. The van der Waals surface area contributed by atoms with E-state index in [1.54, 1.807) is 14.2 Å². The number of hydrogen-bond donors (Lipinski definition) is 1. The molecule has 0 saturated carbocycles. The molecule has 1 atom stereocenters. The molecule has 1 amide bonds. The molecule has 0 spiro atoms. The van der Waals surface area contributed by atoms with Gasteiger partial charge in [-0.05, 0) is 6.42 Å². The van der Waals surface area contributed by atoms with Crippen molar-refractivity contribution in [2.45, 2.75) is 18.9 Å². The van der Waals surface area contributed by atoms with Crippen LogP contribution < -0.4 is 5.32 Å². The molecule has 1 aliphatic heterocycles. The molecule has 0 aromatic carbocycles. The maximum absolute atomic E-state index is 12.2. The number of hydrogen-bond acceptors (Lipinski definition) is 5. The van der Waals surface area contributed by atoms with Gasteiger partial charge in [-0.25, -0.2) is 0 Å². The van der Waals surface area contributed by atoms with Crippen LogP contribution >= 0.6 is 0 Å². The first kappa shape index (κ1) is 16.4. The van der Waals surface area contributed by atoms with Crippen LogP contribution in [0.2, 0.25) is 0 Å². The van der Waals surface area contributed by atoms with Crippen molar-refractivity contribution in [2.75, 3.05) is 60.2 Å². The van der Waals surface area contributed by atoms with Gasteiger partial charge in [0.2, 0.25) is 5.91 Å². The van der Waals surface area contributed by atoms with E-state index in [4.69, 9.17) is 14.2 Å². The summed E-state index contributed by atoms with van der Waals surface area (Å²) >= 11 is 0. The quantitative estimate of drug-likeness (QED) is 0.594. The summed E-state index contributed by atoms with van der Waals surface area (Å²) in [6.45, 7) is 4.85. The van der Waals surface area contributed by atoms with Crippen LogP contribution in [0.5, 0.6) is 0 Å². The van der Waals surface area contributed by atoms with Crippen molar-refractivity contribution < 1.29 is 19.0 Å². The Morgan fingerprint density at radius 3 is 2.74 bits per heavy atom. The number of carbonyl (C=O) groups excluding carboxylic acids is 1. The van der Waals surface area contributed by atoms with Crippen molar-refractivity contribution in [2.24, 2.45) is 0 Å². The average molecular weight is 274 g/mol. The first-order valence-corrected chi connectivity index (χ1v) is 6.86. The lowest BCUT2D eigenvalue weighted by Crippen LogP contribution is -2.43. The minimum absolute atomic E-state index is 0.00581. The second kappa shape index (κ2) is 10.1. The Morgan fingerprint density at radius 1 is 1.32 bits per heavy atom. The third kappa shape index (κ3) is 6.87. The van der Waals surface area contributed by atoms with E-state index in [2.05, 4.69) is 5.32 Å². The van der Waals surface area contributed by atoms with E-state index >= 15 is 0 Å². The van der Waals surface area contributed by atoms with E-state index in [0.717, 1.165) is 19.5 Å². The fraction of sp³-hybridized carbons (Fsp3) is 0.923. The lowest BCUT2D eigenvalue weighted by Gasteiger charge is -2.27. The molecule has 0 radical (unpaired) electrons. The molecule has 1 rings (SSSR count). The summed E-state index contributed by atoms with van der Waals surface area (Å²) in [5.41, 5.74) is 0. The Kier molecular flexibility index (Phi) is 8.73. The molecule has 1 N–H and O–H groups in total. The number of rotatable bonds is 9. The van der Waals surface area contributed by atoms with Crippen molar-refractivity contribution in [3.63, 3.8) is 0 Å². The maximum atomic E-state index is 12.2. The topological polar surface area (TPSA) is 60.0 Å². The molecular weight excluding hydrogens is 248 g/mol. The van der Waals surface area contributed by atoms with Crippen LogP contribution in [-0.4, -0.2) is 77.1 Å². The lowest BCUT2D eigenvalue weighted by atomic mass is 10.2. The summed E-state index contributed by atoms with van der Waals surface area (Å²) in [5, 5.41) is 3.23. The second-order valence-electron chi connectivity index (χ2n) is 4.62. The van der Waals surface area contributed by atoms with Gasteiger partial charge in [0, 0.05) is 47.0 Å². The molecule has 6 nitrogen and oxygen atoms in total. The van der Waals surface area contributed by atoms with Crippen molar-refractivity contribution >= 4 is 5.91 Å². The second-order valence-corrected chi connectivity index (χ2v) is 4.62. The molecule has 0 bridgehead atoms. The van der Waals surface area contributed by atoms with Gasteiger partial charge >= 0.3 is 0 Å². The number of ether oxygens (including phenoxy) is 3. The summed E-state index contributed by atoms with van der Waals surface area (Å²) < 4.78 is 15.6. The summed E-state index contributed by atoms with van der Waals surface area (Å²) in [6.07, 6.45) is 1.27. The van der Waals surface area contributed by atoms with E-state index in [0.29, 0.717) is 39.3 Å². The fourth-order valence-corrected chi connectivity index (χ4v) is 2.04. The number of carbonyl (C=O) groups is 1. The summed E-state index contributed by atoms with van der Waals surface area (Å²) in [6, 6.07) is 0. The predicted molar refractivity (Wildman–Crippen MR) is 72.2 cm³/mol. The Bertz CT molecular complexity index is 245. The van der Waals surface area contributed by atoms with Gasteiger partial charge in [0.25, 0.3) is 0 Å². The van der Waals surface area contributed by atoms with Crippen molar-refractivity contribution in [3.05, 3.63) is 0 Å². The third-order valence-electron chi connectivity index (χ3n) is 3.10. The fourth-order valence-electron chi connectivity index (χ4n) is 2.04. The Balaban J connectivity index is 2.35. The summed E-state index contributed by atoms with van der Waals surface area (Å²) in [7, 11) is 3.31. The van der Waals surface area contributed by atoms with Gasteiger partial charge in [0.1, 0.15) is 0 Å². The van der Waals surface area contributed by atoms with E-state index in [1.165, 1.54) is 0 Å². The molecule has 19 heavy (non-hydrogen) atoms. The van der Waals surface area contributed by atoms with Gasteiger partial charge < -0.3 is 24.4 Å². The van der Waals surface area contributed by atoms with Crippen LogP contribution in [0.25, 0.3) is 0 Å². The molecule has 112 valence electrons. The molecule has 0 aliphatic carbocycles. The van der Waals surface area contributed by atoms with Crippen molar-refractivity contribution in [1.82, 2.24) is 10.2 Å². The predicted octanol–water partition coefficient (Wildman–Crippen LogP) is -0.124. The van der Waals surface area contributed by atoms with Crippen LogP contribution in [0, 0.1) is 0 Å². The molecule has 0 aromatic heterocycles. The Labute approximate surface area is 115 Å². The number of nitrogens with zero attached hydrogens (tertiary/aromatic N) is 1. The van der Waals surface area contributed by atoms with Crippen LogP contribution in [0.4, 0.5) is 0 Å². The normalized spacial score (nSPS) is 19.4. The van der Waals surface area contributed by atoms with Gasteiger partial charge in [-0.15, -0.1) is 0 Å². The first-order valence-electron chi connectivity index (χ1n) is 6.86. The average Bonchev–Trinajstić information content (AvgIpc) is 2.43. The zero-order valence-electron chi connectivity index (χ0n) is 12.0. The molecule has 6 heteroatoms. The van der Waals surface area contributed by atoms with Gasteiger partial charge in [-0.1, -0.05) is 0 Å². The lowest BCUT2D eigenvalue weighted by molar-refractivity contribution is -0.135. The van der Waals surface area contributed by atoms with Gasteiger partial charge in [-0.2, -0.15) is 0 Å². The van der Waals surface area contributed by atoms with Crippen molar-refractivity contribution in [1.29, 1.82) is 0 Å². The monoisotopic (exact) mass is 274 g/mol. The van der Waals surface area contributed by atoms with Gasteiger partial charge in [0.15, 0.2) is 0 Å². The van der Waals surface area contributed by atoms with E-state index in [-0.39, 0.29) is 12.0 Å². The highest BCUT2D eigenvalue weighted by atomic mass is 16.5. The number of amides is 1. The van der Waals surface area contributed by atoms with Crippen LogP contribution in [0.3, 0.4) is 0 Å². The molecule has 1 aliphatic rings. The Hall–Kier alpha value is -0.690. The van der Waals surface area contributed by atoms with Crippen LogP contribution in [0.15, 0.2) is 0 Å². The molecular formula is C13H26N2O4. The van der Waals surface area contributed by atoms with Crippen LogP contribution in [0.1, 0.15) is 12.8 Å². The molecule has 1 unspecified atom stereocenters. The number of morpholine rings is 1. The van der Waals surface area contributed by atoms with E-state index in [1.807, 2.05) is 4.90 Å². The SMILES string of the molecule is COCCCN(CCOC)C(=O)CC1CNCCO1. The van der Waals surface area contributed by atoms with Gasteiger partial charge in [0.05, 0.1) is 25.7 Å². The Morgan fingerprint density at radius 2 is 2.11 bits per heavy atom. The minimum Gasteiger partial charge on any atom is -0.385 e. The smallest absolute Gasteiger partial charge is 0.225 e. The first-order chi connectivity index (χ1) is 9.27. The zero-order chi connectivity index (χ0) is 13.9. The highest BCUT2D eigenvalue weighted by molar-refractivity contribution is 5.76. The highest BCUT2D eigenvalue weighted by Crippen LogP contribution is 2.06. The largest absolute Gasteiger partial charge is 0.385 e. The number of nitrogens with one attached hydrogen (secondary N) is 1. The van der Waals surface area contributed by atoms with Gasteiger partial charge in [-0.3, -0.25) is 4.79 Å². The van der Waals surface area contributed by atoms with Crippen LogP contribution in [-0.2, 0) is 19.0 Å². The molecule has 1 fully saturated rings. The summed E-state index contributed by atoms with van der Waals surface area (Å²) in [4.78, 5) is 14.1.